The highest BCUT2D eigenvalue weighted by atomic mass is 32.1. The molecule has 6 heteroatoms. The van der Waals surface area contributed by atoms with E-state index >= 15 is 0 Å². The van der Waals surface area contributed by atoms with E-state index < -0.39 is 0 Å². The second-order valence-corrected chi connectivity index (χ2v) is 6.52. The number of anilines is 1. The zero-order chi connectivity index (χ0) is 15.8. The Hall–Kier alpha value is -2.34. The van der Waals surface area contributed by atoms with Crippen LogP contribution >= 0.6 is 11.3 Å². The number of furan rings is 1. The third-order valence-corrected chi connectivity index (χ3v) is 5.13. The fourth-order valence-corrected chi connectivity index (χ4v) is 3.69. The number of hydrogen-bond acceptors (Lipinski definition) is 5. The molecule has 1 amide bonds. The van der Waals surface area contributed by atoms with Crippen LogP contribution < -0.4 is 4.90 Å². The second kappa shape index (κ2) is 5.70. The molecule has 3 heterocycles. The van der Waals surface area contributed by atoms with Gasteiger partial charge < -0.3 is 14.2 Å². The summed E-state index contributed by atoms with van der Waals surface area (Å²) in [6, 6.07) is 7.78. The van der Waals surface area contributed by atoms with Crippen molar-refractivity contribution in [3.63, 3.8) is 0 Å². The molecule has 1 aliphatic rings. The Morgan fingerprint density at radius 3 is 2.70 bits per heavy atom. The van der Waals surface area contributed by atoms with Crippen molar-refractivity contribution >= 4 is 33.3 Å². The summed E-state index contributed by atoms with van der Waals surface area (Å²) in [5.74, 6) is 0.450. The van der Waals surface area contributed by atoms with E-state index in [0.717, 1.165) is 34.8 Å². The number of nitrogens with zero attached hydrogens (tertiary/aromatic N) is 3. The molecule has 1 saturated heterocycles. The molecule has 118 valence electrons. The number of thiazole rings is 1. The molecule has 0 N–H and O–H groups in total. The average molecular weight is 327 g/mol. The van der Waals surface area contributed by atoms with Crippen molar-refractivity contribution in [3.8, 4) is 0 Å². The number of fused-ring (bicyclic) bond motifs is 1. The van der Waals surface area contributed by atoms with Crippen LogP contribution in [0.25, 0.3) is 11.0 Å². The summed E-state index contributed by atoms with van der Waals surface area (Å²) in [5, 5.41) is 4.01. The van der Waals surface area contributed by atoms with Gasteiger partial charge in [0.15, 0.2) is 10.9 Å². The Labute approximate surface area is 138 Å². The van der Waals surface area contributed by atoms with Gasteiger partial charge in [-0.2, -0.15) is 0 Å². The van der Waals surface area contributed by atoms with Crippen LogP contribution in [0.4, 0.5) is 5.13 Å². The van der Waals surface area contributed by atoms with Crippen molar-refractivity contribution in [2.75, 3.05) is 31.1 Å². The van der Waals surface area contributed by atoms with Gasteiger partial charge in [-0.05, 0) is 13.0 Å². The summed E-state index contributed by atoms with van der Waals surface area (Å²) >= 11 is 1.63. The number of benzene rings is 1. The molecule has 1 aliphatic heterocycles. The predicted octanol–water partition coefficient (Wildman–Crippen LogP) is 3.16. The van der Waals surface area contributed by atoms with Gasteiger partial charge >= 0.3 is 0 Å². The van der Waals surface area contributed by atoms with Crippen molar-refractivity contribution in [3.05, 3.63) is 47.2 Å². The highest BCUT2D eigenvalue weighted by Gasteiger charge is 2.27. The van der Waals surface area contributed by atoms with E-state index in [2.05, 4.69) is 9.88 Å². The van der Waals surface area contributed by atoms with Crippen molar-refractivity contribution in [2.45, 2.75) is 6.92 Å². The molecular weight excluding hydrogens is 310 g/mol. The number of para-hydroxylation sites is 1. The maximum absolute atomic E-state index is 12.8. The Morgan fingerprint density at radius 2 is 2.00 bits per heavy atom. The van der Waals surface area contributed by atoms with Crippen LogP contribution in [0.1, 0.15) is 16.1 Å². The Morgan fingerprint density at radius 1 is 1.22 bits per heavy atom. The molecule has 0 saturated carbocycles. The van der Waals surface area contributed by atoms with Crippen LogP contribution in [-0.2, 0) is 0 Å². The monoisotopic (exact) mass is 327 g/mol. The summed E-state index contributed by atoms with van der Waals surface area (Å²) < 4.78 is 5.80. The van der Waals surface area contributed by atoms with Gasteiger partial charge in [-0.25, -0.2) is 4.98 Å². The Balaban J connectivity index is 1.52. The summed E-state index contributed by atoms with van der Waals surface area (Å²) in [5.41, 5.74) is 1.70. The van der Waals surface area contributed by atoms with Gasteiger partial charge in [-0.1, -0.05) is 18.2 Å². The lowest BCUT2D eigenvalue weighted by atomic mass is 10.1. The van der Waals surface area contributed by atoms with Gasteiger partial charge in [-0.3, -0.25) is 4.79 Å². The normalized spacial score (nSPS) is 15.3. The zero-order valence-corrected chi connectivity index (χ0v) is 13.7. The minimum Gasteiger partial charge on any atom is -0.451 e. The van der Waals surface area contributed by atoms with E-state index in [1.54, 1.807) is 11.3 Å². The minimum atomic E-state index is -0.0162. The van der Waals surface area contributed by atoms with Crippen LogP contribution in [0.15, 0.2) is 40.3 Å². The van der Waals surface area contributed by atoms with Crippen LogP contribution in [-0.4, -0.2) is 42.0 Å². The van der Waals surface area contributed by atoms with E-state index in [-0.39, 0.29) is 5.91 Å². The number of rotatable bonds is 2. The number of carbonyl (C=O) groups is 1. The highest BCUT2D eigenvalue weighted by molar-refractivity contribution is 7.13. The first-order valence-corrected chi connectivity index (χ1v) is 8.54. The molecule has 3 aromatic rings. The average Bonchev–Trinajstić information content (AvgIpc) is 3.23. The molecule has 0 radical (unpaired) electrons. The molecule has 0 bridgehead atoms. The second-order valence-electron chi connectivity index (χ2n) is 5.65. The van der Waals surface area contributed by atoms with E-state index in [1.807, 2.05) is 47.7 Å². The molecule has 4 rings (SSSR count). The van der Waals surface area contributed by atoms with Gasteiger partial charge in [0.25, 0.3) is 5.91 Å². The van der Waals surface area contributed by atoms with Crippen molar-refractivity contribution in [2.24, 2.45) is 0 Å². The fraction of sp³-hybridized carbons (Fsp3) is 0.294. The summed E-state index contributed by atoms with van der Waals surface area (Å²) in [7, 11) is 0. The fourth-order valence-electron chi connectivity index (χ4n) is 2.99. The lowest BCUT2D eigenvalue weighted by Crippen LogP contribution is -2.48. The molecule has 0 aliphatic carbocycles. The number of amides is 1. The molecular formula is C17H17N3O2S. The third kappa shape index (κ3) is 2.49. The summed E-state index contributed by atoms with van der Waals surface area (Å²) in [6.45, 7) is 4.94. The molecule has 0 atom stereocenters. The van der Waals surface area contributed by atoms with Crippen LogP contribution in [0.3, 0.4) is 0 Å². The van der Waals surface area contributed by atoms with Gasteiger partial charge in [0, 0.05) is 48.7 Å². The van der Waals surface area contributed by atoms with Gasteiger partial charge in [0.1, 0.15) is 5.58 Å². The van der Waals surface area contributed by atoms with Crippen LogP contribution in [0.5, 0.6) is 0 Å². The smallest absolute Gasteiger partial charge is 0.290 e. The van der Waals surface area contributed by atoms with Gasteiger partial charge in [0.05, 0.1) is 0 Å². The largest absolute Gasteiger partial charge is 0.451 e. The predicted molar refractivity (Wildman–Crippen MR) is 91.2 cm³/mol. The number of piperazine rings is 1. The molecule has 0 unspecified atom stereocenters. The molecule has 2 aromatic heterocycles. The van der Waals surface area contributed by atoms with Crippen LogP contribution in [0, 0.1) is 6.92 Å². The van der Waals surface area contributed by atoms with Crippen molar-refractivity contribution in [1.29, 1.82) is 0 Å². The first-order chi connectivity index (χ1) is 11.2. The standard InChI is InChI=1S/C17H17N3O2S/c1-12-13-4-2-3-5-14(13)22-15(12)16(21)19-7-9-20(10-8-19)17-18-6-11-23-17/h2-6,11H,7-10H2,1H3. The third-order valence-electron chi connectivity index (χ3n) is 4.29. The Bertz CT molecular complexity index is 833. The maximum atomic E-state index is 12.8. The molecule has 5 nitrogen and oxygen atoms in total. The number of aromatic nitrogens is 1. The van der Waals surface area contributed by atoms with Gasteiger partial charge in [-0.15, -0.1) is 11.3 Å². The minimum absolute atomic E-state index is 0.0162. The number of hydrogen-bond donors (Lipinski definition) is 0. The van der Waals surface area contributed by atoms with Crippen molar-refractivity contribution < 1.29 is 9.21 Å². The van der Waals surface area contributed by atoms with E-state index in [9.17, 15) is 4.79 Å². The van der Waals surface area contributed by atoms with E-state index in [0.29, 0.717) is 18.8 Å². The topological polar surface area (TPSA) is 49.6 Å². The van der Waals surface area contributed by atoms with Gasteiger partial charge in [0.2, 0.25) is 0 Å². The summed E-state index contributed by atoms with van der Waals surface area (Å²) in [4.78, 5) is 21.2. The maximum Gasteiger partial charge on any atom is 0.290 e. The summed E-state index contributed by atoms with van der Waals surface area (Å²) in [6.07, 6.45) is 1.81. The number of carbonyl (C=O) groups excluding carboxylic acids is 1. The lowest BCUT2D eigenvalue weighted by Gasteiger charge is -2.34. The molecule has 1 aromatic carbocycles. The molecule has 23 heavy (non-hydrogen) atoms. The zero-order valence-electron chi connectivity index (χ0n) is 12.9. The quantitative estimate of drug-likeness (QED) is 0.725. The Kier molecular flexibility index (Phi) is 3.53. The highest BCUT2D eigenvalue weighted by Crippen LogP contribution is 2.26. The first kappa shape index (κ1) is 14.3. The lowest BCUT2D eigenvalue weighted by molar-refractivity contribution is 0.0716. The SMILES string of the molecule is Cc1c(C(=O)N2CCN(c3nccs3)CC2)oc2ccccc12. The number of aryl methyl sites for hydroxylation is 1. The first-order valence-electron chi connectivity index (χ1n) is 7.66. The van der Waals surface area contributed by atoms with Crippen molar-refractivity contribution in [1.82, 2.24) is 9.88 Å². The van der Waals surface area contributed by atoms with Crippen LogP contribution in [0.2, 0.25) is 0 Å². The van der Waals surface area contributed by atoms with E-state index in [1.165, 1.54) is 0 Å². The molecule has 1 fully saturated rings. The van der Waals surface area contributed by atoms with E-state index in [4.69, 9.17) is 4.42 Å². The molecule has 0 spiro atoms.